The van der Waals surface area contributed by atoms with E-state index >= 15 is 0 Å². The van der Waals surface area contributed by atoms with Crippen LogP contribution < -0.4 is 5.32 Å². The summed E-state index contributed by atoms with van der Waals surface area (Å²) in [5.41, 5.74) is 1.40. The molecule has 0 saturated heterocycles. The van der Waals surface area contributed by atoms with Crippen LogP contribution in [0.2, 0.25) is 5.02 Å². The van der Waals surface area contributed by atoms with Crippen LogP contribution >= 0.6 is 23.4 Å². The first kappa shape index (κ1) is 21.7. The van der Waals surface area contributed by atoms with Crippen LogP contribution in [-0.2, 0) is 0 Å². The molecule has 0 aliphatic carbocycles. The van der Waals surface area contributed by atoms with Crippen LogP contribution in [0.5, 0.6) is 0 Å². The lowest BCUT2D eigenvalue weighted by Crippen LogP contribution is -2.38. The Bertz CT molecular complexity index is 739. The molecule has 2 aromatic rings. The van der Waals surface area contributed by atoms with Gasteiger partial charge in [0.05, 0.1) is 6.04 Å². The summed E-state index contributed by atoms with van der Waals surface area (Å²) in [7, 11) is 0. The van der Waals surface area contributed by atoms with E-state index in [1.807, 2.05) is 24.3 Å². The maximum absolute atomic E-state index is 12.5. The minimum Gasteiger partial charge on any atom is -0.350 e. The quantitative estimate of drug-likeness (QED) is 0.554. The highest BCUT2D eigenvalue weighted by atomic mass is 35.5. The van der Waals surface area contributed by atoms with E-state index in [0.29, 0.717) is 33.8 Å². The van der Waals surface area contributed by atoms with E-state index in [1.165, 1.54) is 12.1 Å². The second-order valence-electron chi connectivity index (χ2n) is 5.87. The zero-order chi connectivity index (χ0) is 19.8. The van der Waals surface area contributed by atoms with Crippen molar-refractivity contribution < 1.29 is 13.6 Å². The molecule has 0 bridgehead atoms. The second-order valence-corrected chi connectivity index (χ2v) is 7.34. The molecule has 2 aromatic carbocycles. The number of halogens is 3. The molecule has 0 aromatic heterocycles. The third-order valence-corrected chi connectivity index (χ3v) is 5.38. The second kappa shape index (κ2) is 10.6. The molecule has 0 aliphatic rings. The molecular weight excluding hydrogens is 390 g/mol. The van der Waals surface area contributed by atoms with E-state index in [9.17, 15) is 13.6 Å². The molecule has 1 N–H and O–H groups in total. The van der Waals surface area contributed by atoms with Gasteiger partial charge < -0.3 is 5.32 Å². The van der Waals surface area contributed by atoms with Gasteiger partial charge in [-0.25, -0.2) is 0 Å². The molecule has 146 valence electrons. The zero-order valence-electron chi connectivity index (χ0n) is 15.3. The van der Waals surface area contributed by atoms with Crippen molar-refractivity contribution in [3.05, 3.63) is 64.7 Å². The van der Waals surface area contributed by atoms with Gasteiger partial charge >= 0.3 is 0 Å². The summed E-state index contributed by atoms with van der Waals surface area (Å²) in [5.74, 6) is -2.72. The summed E-state index contributed by atoms with van der Waals surface area (Å²) < 4.78 is 24.8. The molecule has 2 rings (SSSR count). The number of alkyl halides is 2. The minimum absolute atomic E-state index is 0.0497. The minimum atomic E-state index is -2.48. The van der Waals surface area contributed by atoms with Crippen LogP contribution in [0.25, 0.3) is 0 Å². The van der Waals surface area contributed by atoms with Crippen LogP contribution in [0.3, 0.4) is 0 Å². The molecule has 0 fully saturated rings. The molecule has 7 heteroatoms. The monoisotopic (exact) mass is 412 g/mol. The van der Waals surface area contributed by atoms with Crippen LogP contribution in [0, 0.1) is 0 Å². The van der Waals surface area contributed by atoms with Crippen LogP contribution in [0.4, 0.5) is 8.78 Å². The lowest BCUT2D eigenvalue weighted by molar-refractivity contribution is 0.0935. The lowest BCUT2D eigenvalue weighted by Gasteiger charge is -2.31. The number of hydrogen-bond acceptors (Lipinski definition) is 3. The predicted octanol–water partition coefficient (Wildman–Crippen LogP) is 5.47. The molecule has 0 saturated carbocycles. The van der Waals surface area contributed by atoms with Crippen molar-refractivity contribution in [2.24, 2.45) is 0 Å². The zero-order valence-corrected chi connectivity index (χ0v) is 16.9. The number of likely N-dealkylation sites (N-methyl/N-ethyl adjacent to an activating group) is 1. The first-order valence-corrected chi connectivity index (χ1v) is 10.0. The van der Waals surface area contributed by atoms with Crippen molar-refractivity contribution in [2.45, 2.75) is 30.5 Å². The average molecular weight is 413 g/mol. The Kier molecular flexibility index (Phi) is 8.54. The first-order chi connectivity index (χ1) is 13.0. The van der Waals surface area contributed by atoms with Gasteiger partial charge in [0.1, 0.15) is 0 Å². The lowest BCUT2D eigenvalue weighted by atomic mass is 10.0. The Morgan fingerprint density at radius 2 is 1.74 bits per heavy atom. The smallest absolute Gasteiger partial charge is 0.288 e. The van der Waals surface area contributed by atoms with Gasteiger partial charge in [-0.05, 0) is 49.0 Å². The predicted molar refractivity (Wildman–Crippen MR) is 108 cm³/mol. The number of carbonyl (C=O) groups excluding carboxylic acids is 1. The van der Waals surface area contributed by atoms with Gasteiger partial charge in [-0.3, -0.25) is 9.69 Å². The normalized spacial score (nSPS) is 12.4. The largest absolute Gasteiger partial charge is 0.350 e. The Balaban J connectivity index is 2.10. The van der Waals surface area contributed by atoms with Crippen molar-refractivity contribution in [1.29, 1.82) is 0 Å². The number of nitrogens with zero attached hydrogens (tertiary/aromatic N) is 1. The summed E-state index contributed by atoms with van der Waals surface area (Å²) in [4.78, 5) is 15.1. The van der Waals surface area contributed by atoms with Crippen molar-refractivity contribution in [2.75, 3.05) is 19.6 Å². The molecule has 3 nitrogen and oxygen atoms in total. The summed E-state index contributed by atoms with van der Waals surface area (Å²) in [6, 6.07) is 13.7. The van der Waals surface area contributed by atoms with E-state index in [4.69, 9.17) is 11.6 Å². The van der Waals surface area contributed by atoms with Crippen molar-refractivity contribution >= 4 is 29.3 Å². The van der Waals surface area contributed by atoms with E-state index in [0.717, 1.165) is 18.7 Å². The van der Waals surface area contributed by atoms with Gasteiger partial charge in [0, 0.05) is 22.0 Å². The molecule has 0 spiro atoms. The summed E-state index contributed by atoms with van der Waals surface area (Å²) in [6.07, 6.45) is 0. The van der Waals surface area contributed by atoms with Gasteiger partial charge in [0.25, 0.3) is 11.7 Å². The Hall–Kier alpha value is -1.63. The summed E-state index contributed by atoms with van der Waals surface area (Å²) in [5, 5.41) is 3.60. The highest BCUT2D eigenvalue weighted by Gasteiger charge is 2.21. The topological polar surface area (TPSA) is 32.3 Å². The number of hydrogen-bond donors (Lipinski definition) is 1. The Morgan fingerprint density at radius 1 is 1.11 bits per heavy atom. The van der Waals surface area contributed by atoms with E-state index < -0.39 is 5.76 Å². The third-order valence-electron chi connectivity index (χ3n) is 4.31. The molecule has 1 unspecified atom stereocenters. The van der Waals surface area contributed by atoms with E-state index in [1.54, 1.807) is 12.1 Å². The third kappa shape index (κ3) is 6.19. The fraction of sp³-hybridized carbons (Fsp3) is 0.350. The molecule has 0 aliphatic heterocycles. The highest BCUT2D eigenvalue weighted by Crippen LogP contribution is 2.27. The molecular formula is C20H23ClF2N2OS. The van der Waals surface area contributed by atoms with Gasteiger partial charge in [0.2, 0.25) is 0 Å². The number of carbonyl (C=O) groups is 1. The average Bonchev–Trinajstić information content (AvgIpc) is 2.66. The summed E-state index contributed by atoms with van der Waals surface area (Å²) in [6.45, 7) is 6.17. The number of benzene rings is 2. The fourth-order valence-corrected chi connectivity index (χ4v) is 3.69. The van der Waals surface area contributed by atoms with Crippen LogP contribution in [0.15, 0.2) is 53.4 Å². The SMILES string of the molecule is CCN(CC)C(CNC(=O)c1ccc(SC(F)F)cc1)c1ccccc1Cl. The maximum atomic E-state index is 12.5. The standard InChI is InChI=1S/C20H23ClF2N2OS/c1-3-25(4-2)18(16-7-5-6-8-17(16)21)13-24-19(26)14-9-11-15(12-10-14)27-20(22)23/h5-12,18,20H,3-4,13H2,1-2H3,(H,24,26). The first-order valence-electron chi connectivity index (χ1n) is 8.77. The van der Waals surface area contributed by atoms with Gasteiger partial charge in [-0.2, -0.15) is 8.78 Å². The highest BCUT2D eigenvalue weighted by molar-refractivity contribution is 7.99. The molecule has 1 atom stereocenters. The fourth-order valence-electron chi connectivity index (χ4n) is 2.92. The Labute approximate surface area is 168 Å². The van der Waals surface area contributed by atoms with E-state index in [-0.39, 0.29) is 11.9 Å². The van der Waals surface area contributed by atoms with Crippen molar-refractivity contribution in [3.63, 3.8) is 0 Å². The number of thioether (sulfide) groups is 1. The van der Waals surface area contributed by atoms with Crippen molar-refractivity contribution in [1.82, 2.24) is 10.2 Å². The van der Waals surface area contributed by atoms with Crippen LogP contribution in [0.1, 0.15) is 35.8 Å². The molecule has 0 radical (unpaired) electrons. The van der Waals surface area contributed by atoms with Crippen LogP contribution in [-0.4, -0.2) is 36.2 Å². The molecule has 27 heavy (non-hydrogen) atoms. The molecule has 1 amide bonds. The summed E-state index contributed by atoms with van der Waals surface area (Å²) >= 11 is 6.82. The van der Waals surface area contributed by atoms with Crippen molar-refractivity contribution in [3.8, 4) is 0 Å². The number of amides is 1. The Morgan fingerprint density at radius 3 is 2.30 bits per heavy atom. The number of nitrogens with one attached hydrogen (secondary N) is 1. The van der Waals surface area contributed by atoms with E-state index in [2.05, 4.69) is 24.1 Å². The van der Waals surface area contributed by atoms with Gasteiger partial charge in [-0.1, -0.05) is 55.4 Å². The van der Waals surface area contributed by atoms with Gasteiger partial charge in [0.15, 0.2) is 0 Å². The number of rotatable bonds is 9. The molecule has 0 heterocycles. The maximum Gasteiger partial charge on any atom is 0.288 e. The van der Waals surface area contributed by atoms with Gasteiger partial charge in [-0.15, -0.1) is 0 Å².